The summed E-state index contributed by atoms with van der Waals surface area (Å²) < 4.78 is 33.6. The van der Waals surface area contributed by atoms with Gasteiger partial charge in [-0.15, -0.1) is 4.33 Å². The predicted octanol–water partition coefficient (Wildman–Crippen LogP) is 4.79. The summed E-state index contributed by atoms with van der Waals surface area (Å²) in [5, 5.41) is 14.4. The Labute approximate surface area is 310 Å². The molecule has 1 aliphatic heterocycles. The summed E-state index contributed by atoms with van der Waals surface area (Å²) >= 11 is 0.985. The van der Waals surface area contributed by atoms with E-state index in [1.165, 1.54) is 0 Å². The standard InChI is InChI=1S/C18H22O6S.C17H18O3.CH4.Na.H2O/c1-3-20-15-11-7-8-12-16(15)21-18(14-9-5-4-6-10-14)17(13-19)22-23-24-25-2;1-2-18-14-10-6-7-11-15(14)20-17(16-12-19-16)13-8-4-3-5-9-13;;;/h4-12,17-19H,3,13H2,1-2H3;3-11,16-17H,2,12H2,1H3;1H4;;1H2/q;;;+1;/p-1/t17-,18+;16-,17+;;;/m11.../s1. The Kier molecular flexibility index (Phi) is 21.9. The first-order valence-electron chi connectivity index (χ1n) is 14.8. The number of aliphatic hydroxyl groups is 1. The van der Waals surface area contributed by atoms with E-state index < -0.39 is 12.2 Å². The Hall–Kier alpha value is -2.81. The van der Waals surface area contributed by atoms with Gasteiger partial charge in [-0.3, -0.25) is 0 Å². The summed E-state index contributed by atoms with van der Waals surface area (Å²) in [7, 11) is 0. The molecular weight excluding hydrogens is 647 g/mol. The molecule has 4 aromatic carbocycles. The summed E-state index contributed by atoms with van der Waals surface area (Å²) in [5.74, 6) is 2.70. The molecule has 0 saturated carbocycles. The maximum atomic E-state index is 9.73. The number of hydrogen-bond donors (Lipinski definition) is 1. The van der Waals surface area contributed by atoms with Crippen molar-refractivity contribution in [3.63, 3.8) is 0 Å². The van der Waals surface area contributed by atoms with Crippen LogP contribution in [0.25, 0.3) is 0 Å². The molecule has 1 aliphatic rings. The molecule has 1 saturated heterocycles. The summed E-state index contributed by atoms with van der Waals surface area (Å²) in [6, 6.07) is 34.7. The quantitative estimate of drug-likeness (QED) is 0.0410. The Morgan fingerprint density at radius 3 is 1.65 bits per heavy atom. The van der Waals surface area contributed by atoms with Crippen molar-refractivity contribution in [2.45, 2.75) is 45.7 Å². The molecule has 48 heavy (non-hydrogen) atoms. The third-order valence-electron chi connectivity index (χ3n) is 6.54. The van der Waals surface area contributed by atoms with E-state index in [9.17, 15) is 5.11 Å². The van der Waals surface area contributed by atoms with Crippen LogP contribution >= 0.6 is 12.0 Å². The monoisotopic (exact) mass is 692 g/mol. The van der Waals surface area contributed by atoms with Gasteiger partial charge in [-0.1, -0.05) is 97.4 Å². The minimum Gasteiger partial charge on any atom is -0.870 e. The molecule has 0 aliphatic carbocycles. The van der Waals surface area contributed by atoms with Crippen molar-refractivity contribution in [1.82, 2.24) is 0 Å². The van der Waals surface area contributed by atoms with E-state index >= 15 is 0 Å². The molecule has 256 valence electrons. The summed E-state index contributed by atoms with van der Waals surface area (Å²) in [5.41, 5.74) is 1.95. The zero-order chi connectivity index (χ0) is 31.7. The maximum Gasteiger partial charge on any atom is 1.00 e. The molecule has 0 spiro atoms. The van der Waals surface area contributed by atoms with E-state index in [1.54, 1.807) is 12.3 Å². The van der Waals surface area contributed by atoms with Gasteiger partial charge in [0, 0.05) is 18.3 Å². The molecule has 5 rings (SSSR count). The van der Waals surface area contributed by atoms with Gasteiger partial charge in [0.1, 0.15) is 6.10 Å². The minimum absolute atomic E-state index is 0. The van der Waals surface area contributed by atoms with Gasteiger partial charge in [0.2, 0.25) is 0 Å². The Morgan fingerprint density at radius 2 is 1.19 bits per heavy atom. The van der Waals surface area contributed by atoms with Crippen molar-refractivity contribution >= 4 is 12.0 Å². The molecular formula is C36H45NaO10S. The summed E-state index contributed by atoms with van der Waals surface area (Å²) in [6.07, 6.45) is 0.299. The van der Waals surface area contributed by atoms with Gasteiger partial charge < -0.3 is 34.3 Å². The largest absolute Gasteiger partial charge is 1.00 e. The molecule has 4 aromatic rings. The van der Waals surface area contributed by atoms with Gasteiger partial charge in [0.05, 0.1) is 26.4 Å². The first-order valence-corrected chi connectivity index (χ1v) is 16.0. The van der Waals surface area contributed by atoms with Gasteiger partial charge in [-0.2, -0.15) is 4.89 Å². The third-order valence-corrected chi connectivity index (χ3v) is 6.73. The predicted molar refractivity (Wildman–Crippen MR) is 181 cm³/mol. The van der Waals surface area contributed by atoms with Crippen LogP contribution in [-0.4, -0.2) is 55.5 Å². The fourth-order valence-electron chi connectivity index (χ4n) is 4.42. The van der Waals surface area contributed by atoms with Crippen LogP contribution in [0.15, 0.2) is 109 Å². The van der Waals surface area contributed by atoms with Crippen LogP contribution in [0.4, 0.5) is 0 Å². The number of benzene rings is 4. The van der Waals surface area contributed by atoms with Crippen LogP contribution in [0, 0.1) is 0 Å². The fourth-order valence-corrected chi connectivity index (χ4v) is 4.51. The van der Waals surface area contributed by atoms with Gasteiger partial charge in [-0.25, -0.2) is 0 Å². The zero-order valence-corrected chi connectivity index (χ0v) is 29.9. The second kappa shape index (κ2) is 24.3. The number of aliphatic hydroxyl groups excluding tert-OH is 1. The van der Waals surface area contributed by atoms with Crippen LogP contribution in [0.3, 0.4) is 0 Å². The normalized spacial score (nSPS) is 14.5. The van der Waals surface area contributed by atoms with Crippen molar-refractivity contribution in [1.29, 1.82) is 0 Å². The van der Waals surface area contributed by atoms with Crippen molar-refractivity contribution in [3.05, 3.63) is 120 Å². The SMILES string of the molecule is C.CCOc1ccccc1O[C@@H](c1ccccc1)[C@@H](CO)OOOSC.CCOc1ccccc1O[C@@H](c1ccccc1)[C@H]1CO1.[Na+].[OH-]. The van der Waals surface area contributed by atoms with Crippen molar-refractivity contribution in [2.24, 2.45) is 0 Å². The summed E-state index contributed by atoms with van der Waals surface area (Å²) in [6.45, 7) is 5.43. The molecule has 0 unspecified atom stereocenters. The Morgan fingerprint density at radius 1 is 0.729 bits per heavy atom. The average Bonchev–Trinajstić information content (AvgIpc) is 3.93. The van der Waals surface area contributed by atoms with E-state index in [1.807, 2.05) is 105 Å². The van der Waals surface area contributed by atoms with Crippen LogP contribution in [0.1, 0.15) is 44.6 Å². The molecule has 4 atom stereocenters. The molecule has 12 heteroatoms. The molecule has 2 N–H and O–H groups in total. The molecule has 1 fully saturated rings. The number of para-hydroxylation sites is 4. The third kappa shape index (κ3) is 13.6. The van der Waals surface area contributed by atoms with E-state index in [0.717, 1.165) is 41.3 Å². The number of hydrogen-bond acceptors (Lipinski definition) is 11. The van der Waals surface area contributed by atoms with Crippen molar-refractivity contribution in [3.8, 4) is 23.0 Å². The van der Waals surface area contributed by atoms with Gasteiger partial charge in [0.15, 0.2) is 41.3 Å². The average molecular weight is 693 g/mol. The van der Waals surface area contributed by atoms with E-state index in [-0.39, 0.29) is 61.3 Å². The van der Waals surface area contributed by atoms with E-state index in [2.05, 4.69) is 21.5 Å². The van der Waals surface area contributed by atoms with Gasteiger partial charge in [0.25, 0.3) is 0 Å². The summed E-state index contributed by atoms with van der Waals surface area (Å²) in [4.78, 5) is 5.16. The van der Waals surface area contributed by atoms with Crippen molar-refractivity contribution in [2.75, 3.05) is 32.7 Å². The van der Waals surface area contributed by atoms with Crippen LogP contribution in [0.2, 0.25) is 0 Å². The van der Waals surface area contributed by atoms with E-state index in [4.69, 9.17) is 28.6 Å². The second-order valence-corrected chi connectivity index (χ2v) is 10.1. The van der Waals surface area contributed by atoms with Crippen molar-refractivity contribution < 1.29 is 78.1 Å². The first kappa shape index (κ1) is 43.2. The molecule has 0 amide bonds. The van der Waals surface area contributed by atoms with Crippen LogP contribution in [-0.2, 0) is 19.0 Å². The minimum atomic E-state index is -0.802. The number of ether oxygens (including phenoxy) is 5. The molecule has 10 nitrogen and oxygen atoms in total. The van der Waals surface area contributed by atoms with Crippen LogP contribution < -0.4 is 48.5 Å². The molecule has 1 heterocycles. The number of epoxide rings is 1. The molecule has 0 bridgehead atoms. The van der Waals surface area contributed by atoms with Crippen LogP contribution in [0.5, 0.6) is 23.0 Å². The van der Waals surface area contributed by atoms with Gasteiger partial charge in [-0.05, 0) is 49.2 Å². The molecule has 0 radical (unpaired) electrons. The fraction of sp³-hybridized carbons (Fsp3) is 0.333. The topological polar surface area (TPSA) is 127 Å². The maximum absolute atomic E-state index is 9.73. The Balaban J connectivity index is 0.000000460. The van der Waals surface area contributed by atoms with Gasteiger partial charge >= 0.3 is 29.6 Å². The van der Waals surface area contributed by atoms with E-state index in [0.29, 0.717) is 24.7 Å². The smallest absolute Gasteiger partial charge is 0.870 e. The number of rotatable bonds is 17. The zero-order valence-electron chi connectivity index (χ0n) is 27.1. The first-order chi connectivity index (χ1) is 22.2. The second-order valence-electron chi connectivity index (χ2n) is 9.65. The Bertz CT molecular complexity index is 1380. The molecule has 0 aromatic heterocycles.